The fraction of sp³-hybridized carbons (Fsp3) is 0.368. The van der Waals surface area contributed by atoms with E-state index in [1.165, 1.54) is 11.1 Å². The molecule has 0 unspecified atom stereocenters. The molecular formula is C19H26N4OS. The van der Waals surface area contributed by atoms with Crippen molar-refractivity contribution in [3.63, 3.8) is 0 Å². The number of carbonyl (C=O) groups is 1. The van der Waals surface area contributed by atoms with Gasteiger partial charge in [0.2, 0.25) is 5.91 Å². The number of nitrogens with zero attached hydrogens (tertiary/aromatic N) is 3. The van der Waals surface area contributed by atoms with Crippen LogP contribution in [-0.2, 0) is 17.8 Å². The van der Waals surface area contributed by atoms with Gasteiger partial charge in [0.15, 0.2) is 5.96 Å². The maximum Gasteiger partial charge on any atom is 0.243 e. The van der Waals surface area contributed by atoms with Crippen LogP contribution < -0.4 is 5.32 Å². The summed E-state index contributed by atoms with van der Waals surface area (Å²) in [4.78, 5) is 20.0. The minimum absolute atomic E-state index is 0.00806. The third kappa shape index (κ3) is 6.58. The zero-order chi connectivity index (χ0) is 18.1. The van der Waals surface area contributed by atoms with Gasteiger partial charge in [0, 0.05) is 34.2 Å². The van der Waals surface area contributed by atoms with Crippen molar-refractivity contribution in [2.75, 3.05) is 34.2 Å². The second-order valence-electron chi connectivity index (χ2n) is 6.08. The predicted octanol–water partition coefficient (Wildman–Crippen LogP) is 2.46. The lowest BCUT2D eigenvalue weighted by molar-refractivity contribution is -0.127. The first-order valence-corrected chi connectivity index (χ1v) is 9.25. The van der Waals surface area contributed by atoms with Crippen molar-refractivity contribution in [1.82, 2.24) is 15.1 Å². The van der Waals surface area contributed by atoms with Crippen molar-refractivity contribution >= 4 is 23.2 Å². The first-order chi connectivity index (χ1) is 12.1. The Hall–Kier alpha value is -2.34. The van der Waals surface area contributed by atoms with Crippen molar-refractivity contribution in [3.8, 4) is 0 Å². The maximum absolute atomic E-state index is 11.9. The summed E-state index contributed by atoms with van der Waals surface area (Å²) in [6.45, 7) is 1.68. The van der Waals surface area contributed by atoms with Gasteiger partial charge in [-0.3, -0.25) is 4.79 Å². The van der Waals surface area contributed by atoms with Gasteiger partial charge in [-0.25, -0.2) is 4.99 Å². The van der Waals surface area contributed by atoms with Gasteiger partial charge in [0.1, 0.15) is 6.54 Å². The molecule has 0 radical (unpaired) electrons. The van der Waals surface area contributed by atoms with Crippen molar-refractivity contribution < 1.29 is 4.79 Å². The zero-order valence-electron chi connectivity index (χ0n) is 15.1. The van der Waals surface area contributed by atoms with E-state index in [4.69, 9.17) is 0 Å². The Kier molecular flexibility index (Phi) is 7.47. The lowest BCUT2D eigenvalue weighted by Gasteiger charge is -2.22. The Morgan fingerprint density at radius 1 is 1.12 bits per heavy atom. The van der Waals surface area contributed by atoms with E-state index >= 15 is 0 Å². The van der Waals surface area contributed by atoms with Crippen molar-refractivity contribution in [2.24, 2.45) is 4.99 Å². The van der Waals surface area contributed by atoms with Crippen LogP contribution >= 0.6 is 11.3 Å². The highest BCUT2D eigenvalue weighted by atomic mass is 32.1. The fourth-order valence-electron chi connectivity index (χ4n) is 2.29. The molecule has 2 aromatic rings. The summed E-state index contributed by atoms with van der Waals surface area (Å²) in [6, 6.07) is 12.4. The van der Waals surface area contributed by atoms with E-state index in [9.17, 15) is 4.79 Å². The van der Waals surface area contributed by atoms with Gasteiger partial charge >= 0.3 is 0 Å². The normalized spacial score (nSPS) is 11.2. The van der Waals surface area contributed by atoms with Crippen molar-refractivity contribution in [1.29, 1.82) is 0 Å². The summed E-state index contributed by atoms with van der Waals surface area (Å²) >= 11 is 1.68. The van der Waals surface area contributed by atoms with E-state index in [1.54, 1.807) is 30.3 Å². The average molecular weight is 359 g/mol. The summed E-state index contributed by atoms with van der Waals surface area (Å²) in [5.41, 5.74) is 2.52. The van der Waals surface area contributed by atoms with Crippen molar-refractivity contribution in [3.05, 3.63) is 58.3 Å². The lowest BCUT2D eigenvalue weighted by Crippen LogP contribution is -2.40. The number of thiophene rings is 1. The number of rotatable bonds is 7. The van der Waals surface area contributed by atoms with Gasteiger partial charge in [-0.05, 0) is 34.4 Å². The standard InChI is InChI=1S/C19H26N4OS/c1-22(2)18(24)13-21-19(23(3)14-17-10-12-25-15-17)20-11-9-16-7-5-4-6-8-16/h4-8,10,12,15H,9,11,13-14H2,1-3H3,(H,20,21). The number of amides is 1. The SMILES string of the molecule is CN(C)C(=O)CN=C(NCCc1ccccc1)N(C)Cc1ccsc1. The average Bonchev–Trinajstić information content (AvgIpc) is 3.11. The molecule has 0 fully saturated rings. The molecule has 1 N–H and O–H groups in total. The Balaban J connectivity index is 1.97. The fourth-order valence-corrected chi connectivity index (χ4v) is 2.95. The van der Waals surface area contributed by atoms with Crippen LogP contribution in [0, 0.1) is 0 Å². The first kappa shape index (κ1) is 19.0. The predicted molar refractivity (Wildman–Crippen MR) is 105 cm³/mol. The molecule has 1 aromatic carbocycles. The van der Waals surface area contributed by atoms with Crippen LogP contribution in [0.25, 0.3) is 0 Å². The van der Waals surface area contributed by atoms with Crippen LogP contribution in [0.4, 0.5) is 0 Å². The molecule has 134 valence electrons. The molecule has 0 aliphatic rings. The Morgan fingerprint density at radius 2 is 1.88 bits per heavy atom. The quantitative estimate of drug-likeness (QED) is 0.611. The van der Waals surface area contributed by atoms with E-state index in [1.807, 2.05) is 25.2 Å². The van der Waals surface area contributed by atoms with Crippen LogP contribution in [0.3, 0.4) is 0 Å². The zero-order valence-corrected chi connectivity index (χ0v) is 15.9. The highest BCUT2D eigenvalue weighted by Crippen LogP contribution is 2.08. The molecule has 0 saturated carbocycles. The molecule has 0 bridgehead atoms. The number of guanidine groups is 1. The number of benzene rings is 1. The largest absolute Gasteiger partial charge is 0.356 e. The van der Waals surface area contributed by atoms with Crippen LogP contribution in [0.1, 0.15) is 11.1 Å². The van der Waals surface area contributed by atoms with E-state index in [0.29, 0.717) is 0 Å². The molecule has 25 heavy (non-hydrogen) atoms. The number of likely N-dealkylation sites (N-methyl/N-ethyl adjacent to an activating group) is 1. The number of hydrogen-bond donors (Lipinski definition) is 1. The van der Waals surface area contributed by atoms with E-state index < -0.39 is 0 Å². The highest BCUT2D eigenvalue weighted by Gasteiger charge is 2.10. The lowest BCUT2D eigenvalue weighted by atomic mass is 10.1. The molecule has 0 saturated heterocycles. The van der Waals surface area contributed by atoms with E-state index in [0.717, 1.165) is 25.5 Å². The molecule has 1 heterocycles. The Morgan fingerprint density at radius 3 is 2.52 bits per heavy atom. The molecule has 0 aliphatic carbocycles. The number of hydrogen-bond acceptors (Lipinski definition) is 3. The van der Waals surface area contributed by atoms with Gasteiger partial charge in [0.25, 0.3) is 0 Å². The highest BCUT2D eigenvalue weighted by molar-refractivity contribution is 7.07. The minimum atomic E-state index is -0.00806. The number of carbonyl (C=O) groups excluding carboxylic acids is 1. The first-order valence-electron chi connectivity index (χ1n) is 8.31. The summed E-state index contributed by atoms with van der Waals surface area (Å²) in [6.07, 6.45) is 0.910. The van der Waals surface area contributed by atoms with Gasteiger partial charge in [-0.2, -0.15) is 11.3 Å². The third-order valence-corrected chi connectivity index (χ3v) is 4.50. The molecule has 0 spiro atoms. The maximum atomic E-state index is 11.9. The molecule has 2 rings (SSSR count). The summed E-state index contributed by atoms with van der Waals surface area (Å²) in [7, 11) is 5.48. The topological polar surface area (TPSA) is 47.9 Å². The molecule has 5 nitrogen and oxygen atoms in total. The van der Waals surface area contributed by atoms with Gasteiger partial charge < -0.3 is 15.1 Å². The van der Waals surface area contributed by atoms with Gasteiger partial charge in [-0.15, -0.1) is 0 Å². The van der Waals surface area contributed by atoms with E-state index in [2.05, 4.69) is 44.2 Å². The van der Waals surface area contributed by atoms with Crippen LogP contribution in [0.15, 0.2) is 52.2 Å². The van der Waals surface area contributed by atoms with Crippen LogP contribution in [0.2, 0.25) is 0 Å². The Bertz CT molecular complexity index is 668. The van der Waals surface area contributed by atoms with Crippen LogP contribution in [0.5, 0.6) is 0 Å². The minimum Gasteiger partial charge on any atom is -0.356 e. The number of aliphatic imine (C=N–C) groups is 1. The van der Waals surface area contributed by atoms with Crippen LogP contribution in [-0.4, -0.2) is 55.9 Å². The van der Waals surface area contributed by atoms with Gasteiger partial charge in [0.05, 0.1) is 0 Å². The van der Waals surface area contributed by atoms with Gasteiger partial charge in [-0.1, -0.05) is 30.3 Å². The number of nitrogens with one attached hydrogen (secondary N) is 1. The molecule has 1 aromatic heterocycles. The monoisotopic (exact) mass is 358 g/mol. The second kappa shape index (κ2) is 9.84. The smallest absolute Gasteiger partial charge is 0.243 e. The molecular weight excluding hydrogens is 332 g/mol. The molecule has 6 heteroatoms. The molecule has 1 amide bonds. The third-order valence-electron chi connectivity index (χ3n) is 3.76. The van der Waals surface area contributed by atoms with E-state index in [-0.39, 0.29) is 12.5 Å². The molecule has 0 atom stereocenters. The second-order valence-corrected chi connectivity index (χ2v) is 6.86. The van der Waals surface area contributed by atoms with Crippen molar-refractivity contribution in [2.45, 2.75) is 13.0 Å². The summed E-state index contributed by atoms with van der Waals surface area (Å²) in [5, 5.41) is 7.58. The summed E-state index contributed by atoms with van der Waals surface area (Å²) < 4.78 is 0. The summed E-state index contributed by atoms with van der Waals surface area (Å²) in [5.74, 6) is 0.739. The Labute approximate surface area is 154 Å². The molecule has 0 aliphatic heterocycles.